The van der Waals surface area contributed by atoms with Gasteiger partial charge in [0.2, 0.25) is 15.9 Å². The summed E-state index contributed by atoms with van der Waals surface area (Å²) in [5.74, 6) is -4.72. The monoisotopic (exact) mass is 537 g/mol. The predicted octanol–water partition coefficient (Wildman–Crippen LogP) is 0.628. The summed E-state index contributed by atoms with van der Waals surface area (Å²) < 4.78 is 46.1. The number of amides is 2. The van der Waals surface area contributed by atoms with Crippen molar-refractivity contribution in [1.29, 1.82) is 0 Å². The first-order valence-corrected chi connectivity index (χ1v) is 12.4. The van der Waals surface area contributed by atoms with Crippen molar-refractivity contribution in [1.82, 2.24) is 9.21 Å². The van der Waals surface area contributed by atoms with Crippen molar-refractivity contribution in [2.75, 3.05) is 38.2 Å². The van der Waals surface area contributed by atoms with Crippen LogP contribution in [0.15, 0.2) is 53.4 Å². The van der Waals surface area contributed by atoms with Gasteiger partial charge < -0.3 is 14.9 Å². The standard InChI is InChI=1S/C21H22FN3O5S.C2H2O4/c1-30-18-8-4-3-7-16(18)25-20(26)14-17(21(25)27)23-10-12-24(13-11-23)31(28,29)19-9-5-2-6-15(19)22;3-1(4)2(5)6/h2-9,17H,10-14H2,1H3;(H,3,4)(H,5,6). The van der Waals surface area contributed by atoms with Crippen molar-refractivity contribution in [3.05, 3.63) is 54.3 Å². The van der Waals surface area contributed by atoms with Crippen LogP contribution in [0.25, 0.3) is 0 Å². The van der Waals surface area contributed by atoms with Crippen LogP contribution in [0.5, 0.6) is 5.75 Å². The Balaban J connectivity index is 0.000000568. The molecule has 0 radical (unpaired) electrons. The van der Waals surface area contributed by atoms with E-state index in [-0.39, 0.29) is 49.3 Å². The van der Waals surface area contributed by atoms with E-state index < -0.39 is 33.8 Å². The second-order valence-corrected chi connectivity index (χ2v) is 9.85. The summed E-state index contributed by atoms with van der Waals surface area (Å²) in [4.78, 5) is 46.5. The number of nitrogens with zero attached hydrogens (tertiary/aromatic N) is 3. The van der Waals surface area contributed by atoms with Crippen LogP contribution < -0.4 is 9.64 Å². The number of carbonyl (C=O) groups is 4. The zero-order chi connectivity index (χ0) is 27.3. The van der Waals surface area contributed by atoms with E-state index in [1.54, 1.807) is 24.3 Å². The molecule has 2 N–H and O–H groups in total. The number of sulfonamides is 1. The van der Waals surface area contributed by atoms with Crippen molar-refractivity contribution in [2.24, 2.45) is 0 Å². The van der Waals surface area contributed by atoms with E-state index in [0.717, 1.165) is 11.0 Å². The molecule has 0 aliphatic carbocycles. The zero-order valence-electron chi connectivity index (χ0n) is 19.6. The molecule has 0 spiro atoms. The lowest BCUT2D eigenvalue weighted by Gasteiger charge is -2.36. The number of carboxylic acids is 2. The summed E-state index contributed by atoms with van der Waals surface area (Å²) in [6.45, 7) is 0.723. The van der Waals surface area contributed by atoms with E-state index in [2.05, 4.69) is 0 Å². The highest BCUT2D eigenvalue weighted by molar-refractivity contribution is 7.89. The van der Waals surface area contributed by atoms with E-state index >= 15 is 0 Å². The Morgan fingerprint density at radius 2 is 1.51 bits per heavy atom. The van der Waals surface area contributed by atoms with Crippen molar-refractivity contribution < 1.29 is 46.9 Å². The third-order valence-electron chi connectivity index (χ3n) is 5.80. The number of methoxy groups -OCH3 is 1. The van der Waals surface area contributed by atoms with Crippen LogP contribution in [0.4, 0.5) is 10.1 Å². The second-order valence-electron chi connectivity index (χ2n) is 7.94. The first kappa shape index (κ1) is 27.7. The topological polar surface area (TPSA) is 162 Å². The maximum Gasteiger partial charge on any atom is 0.414 e. The van der Waals surface area contributed by atoms with E-state index in [4.69, 9.17) is 24.5 Å². The van der Waals surface area contributed by atoms with Gasteiger partial charge in [0.05, 0.1) is 25.3 Å². The first-order valence-electron chi connectivity index (χ1n) is 10.9. The van der Waals surface area contributed by atoms with Gasteiger partial charge in [0.1, 0.15) is 16.5 Å². The number of benzene rings is 2. The molecule has 2 aliphatic rings. The SMILES string of the molecule is COc1ccccc1N1C(=O)CC(N2CCN(S(=O)(=O)c3ccccc3F)CC2)C1=O.O=C(O)C(=O)O. The number of rotatable bonds is 5. The molecule has 37 heavy (non-hydrogen) atoms. The number of hydrogen-bond donors (Lipinski definition) is 2. The van der Waals surface area contributed by atoms with Gasteiger partial charge in [0, 0.05) is 26.2 Å². The van der Waals surface area contributed by atoms with Gasteiger partial charge in [-0.3, -0.25) is 14.5 Å². The average Bonchev–Trinajstić information content (AvgIpc) is 3.18. The van der Waals surface area contributed by atoms with Crippen LogP contribution >= 0.6 is 0 Å². The number of halogens is 1. The summed E-state index contributed by atoms with van der Waals surface area (Å²) in [5.41, 5.74) is 0.392. The third kappa shape index (κ3) is 5.93. The Kier molecular flexibility index (Phi) is 8.57. The Bertz CT molecular complexity index is 1300. The van der Waals surface area contributed by atoms with Gasteiger partial charge in [0.15, 0.2) is 0 Å². The number of para-hydroxylation sites is 2. The van der Waals surface area contributed by atoms with Crippen molar-refractivity contribution in [3.8, 4) is 5.75 Å². The minimum atomic E-state index is -3.97. The normalized spacial score (nSPS) is 18.8. The van der Waals surface area contributed by atoms with Gasteiger partial charge in [-0.2, -0.15) is 4.31 Å². The number of carboxylic acid groups (broad SMARTS) is 2. The number of piperazine rings is 1. The molecule has 2 heterocycles. The van der Waals surface area contributed by atoms with Crippen molar-refractivity contribution >= 4 is 39.5 Å². The van der Waals surface area contributed by atoms with E-state index in [1.807, 2.05) is 4.90 Å². The van der Waals surface area contributed by atoms with Gasteiger partial charge in [-0.05, 0) is 24.3 Å². The van der Waals surface area contributed by atoms with Gasteiger partial charge in [0.25, 0.3) is 5.91 Å². The van der Waals surface area contributed by atoms with Crippen LogP contribution in [0, 0.1) is 5.82 Å². The molecule has 1 atom stereocenters. The molecular weight excluding hydrogens is 513 g/mol. The smallest absolute Gasteiger partial charge is 0.414 e. The van der Waals surface area contributed by atoms with Crippen LogP contribution in [0.2, 0.25) is 0 Å². The third-order valence-corrected chi connectivity index (χ3v) is 7.73. The fourth-order valence-electron chi connectivity index (χ4n) is 4.02. The number of carbonyl (C=O) groups excluding carboxylic acids is 2. The van der Waals surface area contributed by atoms with Gasteiger partial charge in [-0.15, -0.1) is 0 Å². The maximum atomic E-state index is 14.0. The van der Waals surface area contributed by atoms with Crippen LogP contribution in [0.1, 0.15) is 6.42 Å². The molecule has 4 rings (SSSR count). The summed E-state index contributed by atoms with van der Waals surface area (Å²) in [6, 6.07) is 11.4. The minimum Gasteiger partial charge on any atom is -0.495 e. The molecular formula is C23H24FN3O9S. The Hall–Kier alpha value is -3.88. The summed E-state index contributed by atoms with van der Waals surface area (Å²) in [6.07, 6.45) is 0.0109. The zero-order valence-corrected chi connectivity index (χ0v) is 20.4. The van der Waals surface area contributed by atoms with Crippen LogP contribution in [0.3, 0.4) is 0 Å². The van der Waals surface area contributed by atoms with E-state index in [0.29, 0.717) is 11.4 Å². The molecule has 0 aromatic heterocycles. The number of aliphatic carboxylic acids is 2. The molecule has 0 bridgehead atoms. The van der Waals surface area contributed by atoms with Crippen molar-refractivity contribution in [3.63, 3.8) is 0 Å². The van der Waals surface area contributed by atoms with Gasteiger partial charge in [-0.1, -0.05) is 24.3 Å². The number of hydrogen-bond acceptors (Lipinski definition) is 8. The Morgan fingerprint density at radius 1 is 0.946 bits per heavy atom. The molecule has 198 valence electrons. The molecule has 14 heteroatoms. The summed E-state index contributed by atoms with van der Waals surface area (Å²) >= 11 is 0. The van der Waals surface area contributed by atoms with E-state index in [1.165, 1.54) is 29.6 Å². The quantitative estimate of drug-likeness (QED) is 0.409. The number of anilines is 1. The largest absolute Gasteiger partial charge is 0.495 e. The highest BCUT2D eigenvalue weighted by Crippen LogP contribution is 2.33. The second kappa shape index (κ2) is 11.5. The lowest BCUT2D eigenvalue weighted by Crippen LogP contribution is -2.53. The highest BCUT2D eigenvalue weighted by Gasteiger charge is 2.45. The number of imide groups is 1. The fourth-order valence-corrected chi connectivity index (χ4v) is 5.50. The maximum absolute atomic E-state index is 14.0. The molecule has 0 saturated carbocycles. The Labute approximate surface area is 211 Å². The first-order chi connectivity index (χ1) is 17.5. The average molecular weight is 538 g/mol. The molecule has 2 aliphatic heterocycles. The molecule has 2 aromatic carbocycles. The lowest BCUT2D eigenvalue weighted by molar-refractivity contribution is -0.159. The van der Waals surface area contributed by atoms with Crippen LogP contribution in [-0.2, 0) is 29.2 Å². The Morgan fingerprint density at radius 3 is 2.08 bits per heavy atom. The summed E-state index contributed by atoms with van der Waals surface area (Å²) in [5, 5.41) is 14.8. The molecule has 2 saturated heterocycles. The number of ether oxygens (including phenoxy) is 1. The summed E-state index contributed by atoms with van der Waals surface area (Å²) in [7, 11) is -2.51. The van der Waals surface area contributed by atoms with E-state index in [9.17, 15) is 22.4 Å². The fraction of sp³-hybridized carbons (Fsp3) is 0.304. The molecule has 2 amide bonds. The van der Waals surface area contributed by atoms with Gasteiger partial charge >= 0.3 is 11.9 Å². The van der Waals surface area contributed by atoms with Crippen LogP contribution in [-0.4, -0.2) is 90.9 Å². The van der Waals surface area contributed by atoms with Crippen molar-refractivity contribution in [2.45, 2.75) is 17.4 Å². The van der Waals surface area contributed by atoms with Gasteiger partial charge in [-0.25, -0.2) is 27.3 Å². The molecule has 1 unspecified atom stereocenters. The lowest BCUT2D eigenvalue weighted by atomic mass is 10.2. The molecule has 2 aromatic rings. The molecule has 12 nitrogen and oxygen atoms in total. The predicted molar refractivity (Wildman–Crippen MR) is 126 cm³/mol. The minimum absolute atomic E-state index is 0.0109. The highest BCUT2D eigenvalue weighted by atomic mass is 32.2. The molecule has 2 fully saturated rings.